The van der Waals surface area contributed by atoms with Gasteiger partial charge in [-0.15, -0.1) is 0 Å². The van der Waals surface area contributed by atoms with E-state index in [0.717, 1.165) is 25.9 Å². The number of carbonyl (C=O) groups is 1. The first-order valence-corrected chi connectivity index (χ1v) is 11.0. The first kappa shape index (κ1) is 22.3. The molecule has 24 heavy (non-hydrogen) atoms. The summed E-state index contributed by atoms with van der Waals surface area (Å²) in [6.45, 7) is 3.72. The predicted molar refractivity (Wildman–Crippen MR) is 83.6 cm³/mol. The number of carbonyl (C=O) groups excluding carboxylic acids is 1. The van der Waals surface area contributed by atoms with Gasteiger partial charge >= 0.3 is 29.6 Å². The van der Waals surface area contributed by atoms with E-state index < -0.39 is 48.2 Å². The van der Waals surface area contributed by atoms with Crippen molar-refractivity contribution in [3.05, 3.63) is 0 Å². The molecule has 1 amide bonds. The minimum Gasteiger partial charge on any atom is -0.748 e. The minimum atomic E-state index is -4.82. The Morgan fingerprint density at radius 3 is 2.42 bits per heavy atom. The molecular weight excluding hydrogens is 367 g/mol. The molecule has 0 aliphatic carbocycles. The quantitative estimate of drug-likeness (QED) is 0.376. The molecule has 134 valence electrons. The van der Waals surface area contributed by atoms with Crippen LogP contribution in [0.3, 0.4) is 0 Å². The van der Waals surface area contributed by atoms with E-state index in [-0.39, 0.29) is 36.0 Å². The van der Waals surface area contributed by atoms with Crippen molar-refractivity contribution in [1.29, 1.82) is 0 Å². The first-order valence-electron chi connectivity index (χ1n) is 7.70. The van der Waals surface area contributed by atoms with Gasteiger partial charge in [-0.1, -0.05) is 6.42 Å². The maximum Gasteiger partial charge on any atom is 1.00 e. The molecule has 8 nitrogen and oxygen atoms in total. The zero-order valence-electron chi connectivity index (χ0n) is 14.2. The average Bonchev–Trinajstić information content (AvgIpc) is 2.67. The van der Waals surface area contributed by atoms with Crippen LogP contribution in [0.5, 0.6) is 0 Å². The fourth-order valence-electron chi connectivity index (χ4n) is 3.37. The van der Waals surface area contributed by atoms with E-state index in [9.17, 15) is 26.2 Å². The summed E-state index contributed by atoms with van der Waals surface area (Å²) in [4.78, 5) is 14.3. The SMILES string of the molecule is CC1(NC(=O)CCN2CCCCC2)CS(=O)(=O)CC1S(=O)(=O)[O-].[Na+]. The van der Waals surface area contributed by atoms with Gasteiger partial charge in [-0.2, -0.15) is 0 Å². The summed E-state index contributed by atoms with van der Waals surface area (Å²) in [6.07, 6.45) is 3.52. The van der Waals surface area contributed by atoms with Gasteiger partial charge in [0, 0.05) is 13.0 Å². The van der Waals surface area contributed by atoms with Gasteiger partial charge in [0.05, 0.1) is 22.3 Å². The van der Waals surface area contributed by atoms with Gasteiger partial charge in [-0.05, 0) is 32.9 Å². The molecule has 2 heterocycles. The zero-order chi connectivity index (χ0) is 17.3. The van der Waals surface area contributed by atoms with Crippen LogP contribution in [0.2, 0.25) is 0 Å². The van der Waals surface area contributed by atoms with E-state index in [1.165, 1.54) is 13.3 Å². The Balaban J connectivity index is 0.00000288. The third-order valence-corrected chi connectivity index (χ3v) is 7.99. The normalized spacial score (nSPS) is 30.5. The summed E-state index contributed by atoms with van der Waals surface area (Å²) in [6, 6.07) is 0. The topological polar surface area (TPSA) is 124 Å². The van der Waals surface area contributed by atoms with Gasteiger partial charge in [0.1, 0.15) is 10.1 Å². The molecule has 2 unspecified atom stereocenters. The largest absolute Gasteiger partial charge is 1.00 e. The molecular formula is C13H23N2NaO6S2. The average molecular weight is 390 g/mol. The van der Waals surface area contributed by atoms with Crippen LogP contribution in [0.1, 0.15) is 32.6 Å². The van der Waals surface area contributed by atoms with Crippen molar-refractivity contribution in [3.8, 4) is 0 Å². The molecule has 0 aromatic heterocycles. The number of amides is 1. The summed E-state index contributed by atoms with van der Waals surface area (Å²) in [5, 5.41) is 0.843. The van der Waals surface area contributed by atoms with Crippen LogP contribution in [-0.2, 0) is 24.7 Å². The van der Waals surface area contributed by atoms with E-state index >= 15 is 0 Å². The molecule has 0 bridgehead atoms. The van der Waals surface area contributed by atoms with Crippen molar-refractivity contribution in [1.82, 2.24) is 10.2 Å². The van der Waals surface area contributed by atoms with Crippen LogP contribution in [0.4, 0.5) is 0 Å². The van der Waals surface area contributed by atoms with Crippen molar-refractivity contribution < 1.29 is 55.7 Å². The zero-order valence-corrected chi connectivity index (χ0v) is 17.8. The van der Waals surface area contributed by atoms with Crippen molar-refractivity contribution >= 4 is 25.9 Å². The summed E-state index contributed by atoms with van der Waals surface area (Å²) in [5.41, 5.74) is -1.56. The second-order valence-electron chi connectivity index (χ2n) is 6.65. The number of nitrogens with zero attached hydrogens (tertiary/aromatic N) is 1. The van der Waals surface area contributed by atoms with Crippen molar-refractivity contribution in [2.24, 2.45) is 0 Å². The first-order chi connectivity index (χ1) is 10.5. The summed E-state index contributed by atoms with van der Waals surface area (Å²) in [5.74, 6) is -1.69. The number of nitrogens with one attached hydrogen (secondary N) is 1. The molecule has 2 fully saturated rings. The van der Waals surface area contributed by atoms with Crippen molar-refractivity contribution in [2.75, 3.05) is 31.1 Å². The smallest absolute Gasteiger partial charge is 0.748 e. The van der Waals surface area contributed by atoms with Gasteiger partial charge in [0.25, 0.3) is 0 Å². The third kappa shape index (κ3) is 5.93. The van der Waals surface area contributed by atoms with Crippen LogP contribution in [0.25, 0.3) is 0 Å². The van der Waals surface area contributed by atoms with Crippen LogP contribution in [0, 0.1) is 0 Å². The van der Waals surface area contributed by atoms with Crippen molar-refractivity contribution in [2.45, 2.75) is 43.4 Å². The van der Waals surface area contributed by atoms with E-state index in [1.54, 1.807) is 0 Å². The monoisotopic (exact) mass is 390 g/mol. The van der Waals surface area contributed by atoms with Gasteiger partial charge in [-0.25, -0.2) is 16.8 Å². The van der Waals surface area contributed by atoms with Crippen LogP contribution in [-0.4, -0.2) is 74.1 Å². The molecule has 2 rings (SSSR count). The molecule has 11 heteroatoms. The minimum absolute atomic E-state index is 0. The fourth-order valence-corrected chi connectivity index (χ4v) is 7.67. The molecule has 0 saturated carbocycles. The Hall–Kier alpha value is 0.290. The molecule has 0 spiro atoms. The standard InChI is InChI=1S/C13H24N2O6S2.Na/c1-13(10-22(17,18)9-11(13)23(19,20)21)14-12(16)5-8-15-6-3-2-4-7-15;/h11H,2-10H2,1H3,(H,14,16)(H,19,20,21);/q;+1/p-1. The van der Waals surface area contributed by atoms with Gasteiger partial charge in [0.15, 0.2) is 9.84 Å². The molecule has 0 aromatic carbocycles. The Bertz CT molecular complexity index is 660. The molecule has 2 saturated heterocycles. The Morgan fingerprint density at radius 2 is 1.88 bits per heavy atom. The summed E-state index contributed by atoms with van der Waals surface area (Å²) < 4.78 is 57.5. The second-order valence-corrected chi connectivity index (χ2v) is 10.3. The Labute approximate surface area is 165 Å². The van der Waals surface area contributed by atoms with Crippen LogP contribution < -0.4 is 34.9 Å². The second kappa shape index (κ2) is 8.32. The third-order valence-electron chi connectivity index (χ3n) is 4.51. The number of sulfone groups is 1. The number of rotatable bonds is 5. The number of likely N-dealkylation sites (tertiary alicyclic amines) is 1. The molecule has 1 N–H and O–H groups in total. The van der Waals surface area contributed by atoms with Crippen LogP contribution >= 0.6 is 0 Å². The van der Waals surface area contributed by atoms with Crippen LogP contribution in [0.15, 0.2) is 0 Å². The summed E-state index contributed by atoms with van der Waals surface area (Å²) in [7, 11) is -8.49. The molecule has 0 radical (unpaired) electrons. The van der Waals surface area contributed by atoms with Gasteiger partial charge < -0.3 is 14.8 Å². The molecule has 2 atom stereocenters. The molecule has 2 aliphatic heterocycles. The number of hydrogen-bond acceptors (Lipinski definition) is 7. The fraction of sp³-hybridized carbons (Fsp3) is 0.923. The Morgan fingerprint density at radius 1 is 1.29 bits per heavy atom. The van der Waals surface area contributed by atoms with Gasteiger partial charge in [-0.3, -0.25) is 4.79 Å². The number of hydrogen-bond donors (Lipinski definition) is 1. The van der Waals surface area contributed by atoms with E-state index in [4.69, 9.17) is 0 Å². The van der Waals surface area contributed by atoms with Crippen molar-refractivity contribution in [3.63, 3.8) is 0 Å². The van der Waals surface area contributed by atoms with E-state index in [1.807, 2.05) is 0 Å². The van der Waals surface area contributed by atoms with Gasteiger partial charge in [0.2, 0.25) is 5.91 Å². The molecule has 2 aliphatic rings. The predicted octanol–water partition coefficient (Wildman–Crippen LogP) is -3.92. The maximum absolute atomic E-state index is 12.1. The van der Waals surface area contributed by atoms with E-state index in [2.05, 4.69) is 10.2 Å². The maximum atomic E-state index is 12.1. The van der Waals surface area contributed by atoms with E-state index in [0.29, 0.717) is 6.54 Å². The Kier molecular flexibility index (Phi) is 7.74. The summed E-state index contributed by atoms with van der Waals surface area (Å²) >= 11 is 0. The molecule has 0 aromatic rings. The number of piperidine rings is 1.